The molecular weight excluding hydrogens is 181 g/mol. The van der Waals surface area contributed by atoms with Gasteiger partial charge in [-0.3, -0.25) is 4.79 Å². The maximum atomic E-state index is 10.6. The van der Waals surface area contributed by atoms with Gasteiger partial charge < -0.3 is 10.5 Å². The third kappa shape index (κ3) is 4.35. The SMILES string of the molecule is NCC(=O)Oc1ccccc1.[KH]. The molecule has 0 aromatic heterocycles. The second-order valence-corrected chi connectivity index (χ2v) is 1.99. The van der Waals surface area contributed by atoms with Gasteiger partial charge in [0, 0.05) is 0 Å². The Morgan fingerprint density at radius 2 is 1.92 bits per heavy atom. The summed E-state index contributed by atoms with van der Waals surface area (Å²) in [7, 11) is 0. The van der Waals surface area contributed by atoms with Crippen molar-refractivity contribution in [2.45, 2.75) is 0 Å². The minimum absolute atomic E-state index is 0. The van der Waals surface area contributed by atoms with E-state index in [1.165, 1.54) is 0 Å². The molecule has 0 fully saturated rings. The van der Waals surface area contributed by atoms with E-state index in [1.54, 1.807) is 24.3 Å². The van der Waals surface area contributed by atoms with Crippen LogP contribution in [-0.2, 0) is 4.79 Å². The van der Waals surface area contributed by atoms with Crippen LogP contribution in [0.3, 0.4) is 0 Å². The van der Waals surface area contributed by atoms with Crippen molar-refractivity contribution in [1.82, 2.24) is 0 Å². The van der Waals surface area contributed by atoms with Crippen LogP contribution in [0.25, 0.3) is 0 Å². The van der Waals surface area contributed by atoms with E-state index in [1.807, 2.05) is 6.07 Å². The van der Waals surface area contributed by atoms with Gasteiger partial charge in [0.2, 0.25) is 0 Å². The number of ether oxygens (including phenoxy) is 1. The average molecular weight is 191 g/mol. The van der Waals surface area contributed by atoms with E-state index >= 15 is 0 Å². The zero-order chi connectivity index (χ0) is 8.10. The standard InChI is InChI=1S/C8H9NO2.K.H/c9-6-8(10)11-7-4-2-1-3-5-7;;/h1-5H,6,9H2;;. The van der Waals surface area contributed by atoms with Crippen LogP contribution in [0.5, 0.6) is 5.75 Å². The Morgan fingerprint density at radius 3 is 2.42 bits per heavy atom. The number of hydrogen-bond acceptors (Lipinski definition) is 3. The Kier molecular flexibility index (Phi) is 6.93. The zero-order valence-corrected chi connectivity index (χ0v) is 5.99. The van der Waals surface area contributed by atoms with Crippen molar-refractivity contribution in [2.24, 2.45) is 5.73 Å². The predicted octanol–water partition coefficient (Wildman–Crippen LogP) is -0.0978. The Bertz CT molecular complexity index is 238. The molecule has 60 valence electrons. The summed E-state index contributed by atoms with van der Waals surface area (Å²) in [4.78, 5) is 10.6. The molecule has 0 unspecified atom stereocenters. The summed E-state index contributed by atoms with van der Waals surface area (Å²) in [6, 6.07) is 8.83. The molecule has 1 rings (SSSR count). The fourth-order valence-corrected chi connectivity index (χ4v) is 0.662. The third-order valence-electron chi connectivity index (χ3n) is 1.14. The van der Waals surface area contributed by atoms with Crippen LogP contribution in [0.2, 0.25) is 0 Å². The second kappa shape index (κ2) is 6.76. The van der Waals surface area contributed by atoms with Gasteiger partial charge in [-0.15, -0.1) is 0 Å². The number of benzene rings is 1. The topological polar surface area (TPSA) is 52.3 Å². The number of carbonyl (C=O) groups is 1. The predicted molar refractivity (Wildman–Crippen MR) is 48.3 cm³/mol. The van der Waals surface area contributed by atoms with Crippen LogP contribution in [-0.4, -0.2) is 63.9 Å². The van der Waals surface area contributed by atoms with Gasteiger partial charge in [-0.2, -0.15) is 0 Å². The monoisotopic (exact) mass is 191 g/mol. The summed E-state index contributed by atoms with van der Waals surface area (Å²) in [5.74, 6) is 0.110. The van der Waals surface area contributed by atoms with E-state index in [0.29, 0.717) is 5.75 Å². The van der Waals surface area contributed by atoms with E-state index in [2.05, 4.69) is 0 Å². The van der Waals surface area contributed by atoms with Crippen LogP contribution in [0.1, 0.15) is 0 Å². The Balaban J connectivity index is 0.00000121. The van der Waals surface area contributed by atoms with E-state index in [4.69, 9.17) is 10.5 Å². The summed E-state index contributed by atoms with van der Waals surface area (Å²) in [6.45, 7) is -0.0884. The molecular formula is C8H10KNO2. The molecule has 0 atom stereocenters. The zero-order valence-electron chi connectivity index (χ0n) is 5.99. The molecule has 0 spiro atoms. The second-order valence-electron chi connectivity index (χ2n) is 1.99. The summed E-state index contributed by atoms with van der Waals surface area (Å²) in [5.41, 5.74) is 5.05. The summed E-state index contributed by atoms with van der Waals surface area (Å²) < 4.78 is 4.80. The summed E-state index contributed by atoms with van der Waals surface area (Å²) >= 11 is 0. The van der Waals surface area contributed by atoms with Crippen LogP contribution in [0.15, 0.2) is 30.3 Å². The van der Waals surface area contributed by atoms with Gasteiger partial charge in [0.25, 0.3) is 0 Å². The molecule has 0 saturated heterocycles. The molecule has 0 amide bonds. The molecule has 0 aliphatic heterocycles. The fraction of sp³-hybridized carbons (Fsp3) is 0.125. The first-order valence-corrected chi connectivity index (χ1v) is 3.28. The van der Waals surface area contributed by atoms with Crippen molar-refractivity contribution in [3.05, 3.63) is 30.3 Å². The van der Waals surface area contributed by atoms with Gasteiger partial charge in [-0.1, -0.05) is 18.2 Å². The first-order chi connectivity index (χ1) is 5.33. The molecule has 0 aliphatic rings. The van der Waals surface area contributed by atoms with Crippen LogP contribution < -0.4 is 10.5 Å². The van der Waals surface area contributed by atoms with Crippen molar-refractivity contribution in [3.63, 3.8) is 0 Å². The van der Waals surface area contributed by atoms with E-state index in [-0.39, 0.29) is 57.9 Å². The normalized spacial score (nSPS) is 8.42. The first-order valence-electron chi connectivity index (χ1n) is 3.28. The first kappa shape index (κ1) is 12.3. The van der Waals surface area contributed by atoms with Gasteiger partial charge >= 0.3 is 57.4 Å². The number of para-hydroxylation sites is 1. The molecule has 0 aliphatic carbocycles. The quantitative estimate of drug-likeness (QED) is 0.403. The van der Waals surface area contributed by atoms with Crippen molar-refractivity contribution >= 4 is 57.4 Å². The van der Waals surface area contributed by atoms with Gasteiger partial charge in [0.1, 0.15) is 5.75 Å². The number of hydrogen-bond donors (Lipinski definition) is 1. The van der Waals surface area contributed by atoms with Gasteiger partial charge in [-0.25, -0.2) is 0 Å². The molecule has 1 aromatic carbocycles. The fourth-order valence-electron chi connectivity index (χ4n) is 0.662. The van der Waals surface area contributed by atoms with Crippen molar-refractivity contribution in [3.8, 4) is 5.75 Å². The van der Waals surface area contributed by atoms with Gasteiger partial charge in [-0.05, 0) is 12.1 Å². The number of esters is 1. The van der Waals surface area contributed by atoms with Crippen molar-refractivity contribution < 1.29 is 9.53 Å². The Hall–Kier alpha value is 0.286. The van der Waals surface area contributed by atoms with Crippen molar-refractivity contribution in [1.29, 1.82) is 0 Å². The molecule has 0 radical (unpaired) electrons. The van der Waals surface area contributed by atoms with E-state index in [9.17, 15) is 4.79 Å². The molecule has 2 N–H and O–H groups in total. The van der Waals surface area contributed by atoms with Gasteiger partial charge in [0.15, 0.2) is 0 Å². The molecule has 0 heterocycles. The van der Waals surface area contributed by atoms with Crippen LogP contribution >= 0.6 is 0 Å². The van der Waals surface area contributed by atoms with Crippen molar-refractivity contribution in [2.75, 3.05) is 6.54 Å². The molecule has 1 aromatic rings. The van der Waals surface area contributed by atoms with Crippen LogP contribution in [0.4, 0.5) is 0 Å². The van der Waals surface area contributed by atoms with E-state index < -0.39 is 5.97 Å². The Labute approximate surface area is 114 Å². The number of rotatable bonds is 2. The molecule has 0 saturated carbocycles. The summed E-state index contributed by atoms with van der Waals surface area (Å²) in [6.07, 6.45) is 0. The third-order valence-corrected chi connectivity index (χ3v) is 1.14. The number of nitrogens with two attached hydrogens (primary N) is 1. The molecule has 3 nitrogen and oxygen atoms in total. The molecule has 0 bridgehead atoms. The minimum atomic E-state index is -0.420. The molecule has 12 heavy (non-hydrogen) atoms. The van der Waals surface area contributed by atoms with Crippen LogP contribution in [0, 0.1) is 0 Å². The van der Waals surface area contributed by atoms with Gasteiger partial charge in [0.05, 0.1) is 6.54 Å². The Morgan fingerprint density at radius 1 is 1.33 bits per heavy atom. The van der Waals surface area contributed by atoms with E-state index in [0.717, 1.165) is 0 Å². The number of carbonyl (C=O) groups excluding carboxylic acids is 1. The average Bonchev–Trinajstić information content (AvgIpc) is 2.06. The summed E-state index contributed by atoms with van der Waals surface area (Å²) in [5, 5.41) is 0. The molecule has 4 heteroatoms. The maximum absolute atomic E-state index is 10.6.